The lowest BCUT2D eigenvalue weighted by molar-refractivity contribution is 0.420. The zero-order valence-electron chi connectivity index (χ0n) is 42.0. The standard InChI is InChI=1S/C71H60N2/c1-48-17-16-26-68-70(48)62-42-41-61(45-69(62)71(68,2)3)73(59-35-29-52(30-36-59)63-44-49-27-28-55(63)43-49)60-39-33-54(34-40-60)67-47-64(50-18-8-4-9-19-50)66(46-65(67)51-20-10-5-11-21-51)53-31-37-58(38-32-53)72(56-22-12-6-13-23-56)57-24-14-7-15-25-57/h4-26,29-42,45-47,49,55,63H,27-28,43-44H2,1-3H3. The van der Waals surface area contributed by atoms with Gasteiger partial charge in [-0.3, -0.25) is 0 Å². The van der Waals surface area contributed by atoms with Gasteiger partial charge in [0.15, 0.2) is 0 Å². The van der Waals surface area contributed by atoms with E-state index in [9.17, 15) is 0 Å². The van der Waals surface area contributed by atoms with Crippen molar-refractivity contribution in [2.24, 2.45) is 11.8 Å². The summed E-state index contributed by atoms with van der Waals surface area (Å²) < 4.78 is 0. The predicted molar refractivity (Wildman–Crippen MR) is 308 cm³/mol. The molecule has 2 heteroatoms. The fourth-order valence-corrected chi connectivity index (χ4v) is 13.0. The van der Waals surface area contributed by atoms with E-state index in [-0.39, 0.29) is 5.41 Å². The van der Waals surface area contributed by atoms with Gasteiger partial charge >= 0.3 is 0 Å². The number of rotatable bonds is 11. The molecule has 73 heavy (non-hydrogen) atoms. The third-order valence-corrected chi connectivity index (χ3v) is 16.7. The molecule has 0 radical (unpaired) electrons. The second kappa shape index (κ2) is 18.4. The summed E-state index contributed by atoms with van der Waals surface area (Å²) in [5, 5.41) is 0. The molecule has 2 fully saturated rings. The third-order valence-electron chi connectivity index (χ3n) is 16.7. The van der Waals surface area contributed by atoms with E-state index < -0.39 is 0 Å². The summed E-state index contributed by atoms with van der Waals surface area (Å²) in [6.07, 6.45) is 5.57. The molecule has 0 spiro atoms. The summed E-state index contributed by atoms with van der Waals surface area (Å²) in [7, 11) is 0. The minimum absolute atomic E-state index is 0.114. The minimum atomic E-state index is -0.114. The number of aryl methyl sites for hydroxylation is 1. The number of benzene rings is 10. The molecule has 0 N–H and O–H groups in total. The van der Waals surface area contributed by atoms with E-state index in [1.807, 2.05) is 0 Å². The molecule has 0 saturated heterocycles. The van der Waals surface area contributed by atoms with Gasteiger partial charge in [-0.2, -0.15) is 0 Å². The van der Waals surface area contributed by atoms with Gasteiger partial charge in [-0.1, -0.05) is 178 Å². The summed E-state index contributed by atoms with van der Waals surface area (Å²) in [4.78, 5) is 4.81. The van der Waals surface area contributed by atoms with E-state index in [1.54, 1.807) is 0 Å². The maximum Gasteiger partial charge on any atom is 0.0465 e. The molecule has 2 nitrogen and oxygen atoms in total. The molecule has 354 valence electrons. The van der Waals surface area contributed by atoms with E-state index in [1.165, 1.54) is 115 Å². The Kier molecular flexibility index (Phi) is 11.3. The number of para-hydroxylation sites is 2. The Morgan fingerprint density at radius 1 is 0.356 bits per heavy atom. The van der Waals surface area contributed by atoms with Crippen molar-refractivity contribution in [3.05, 3.63) is 265 Å². The van der Waals surface area contributed by atoms with Crippen LogP contribution in [0.5, 0.6) is 0 Å². The van der Waals surface area contributed by atoms with Crippen LogP contribution in [0.2, 0.25) is 0 Å². The molecule has 3 aliphatic rings. The zero-order chi connectivity index (χ0) is 49.0. The first-order valence-electron chi connectivity index (χ1n) is 26.4. The Balaban J connectivity index is 0.922. The van der Waals surface area contributed by atoms with Crippen LogP contribution in [0.3, 0.4) is 0 Å². The van der Waals surface area contributed by atoms with Crippen LogP contribution >= 0.6 is 0 Å². The van der Waals surface area contributed by atoms with E-state index in [0.29, 0.717) is 5.92 Å². The Hall–Kier alpha value is -8.20. The van der Waals surface area contributed by atoms with Crippen molar-refractivity contribution in [2.45, 2.75) is 57.8 Å². The van der Waals surface area contributed by atoms with E-state index in [0.717, 1.165) is 34.6 Å². The summed E-state index contributed by atoms with van der Waals surface area (Å²) in [6.45, 7) is 7.04. The second-order valence-corrected chi connectivity index (χ2v) is 21.3. The monoisotopic (exact) mass is 940 g/mol. The molecule has 3 unspecified atom stereocenters. The Labute approximate surface area is 431 Å². The molecule has 2 bridgehead atoms. The van der Waals surface area contributed by atoms with Crippen LogP contribution in [0.25, 0.3) is 55.6 Å². The SMILES string of the molecule is Cc1cccc2c1-c1ccc(N(c3ccc(-c4cc(-c5ccccc5)c(-c5ccc(N(c6ccccc6)c6ccccc6)cc5)cc4-c4ccccc4)cc3)c3ccc(C4CC5CCC4C5)cc3)cc1C2(C)C. The number of fused-ring (bicyclic) bond motifs is 5. The fourth-order valence-electron chi connectivity index (χ4n) is 13.0. The lowest BCUT2D eigenvalue weighted by Crippen LogP contribution is -2.16. The lowest BCUT2D eigenvalue weighted by Gasteiger charge is -2.29. The lowest BCUT2D eigenvalue weighted by atomic mass is 9.82. The maximum atomic E-state index is 2.48. The van der Waals surface area contributed by atoms with E-state index in [2.05, 4.69) is 273 Å². The second-order valence-electron chi connectivity index (χ2n) is 21.3. The van der Waals surface area contributed by atoms with Crippen molar-refractivity contribution in [3.63, 3.8) is 0 Å². The van der Waals surface area contributed by atoms with Crippen LogP contribution in [0.15, 0.2) is 243 Å². The summed E-state index contributed by atoms with van der Waals surface area (Å²) in [5.74, 6) is 2.45. The molecule has 10 aromatic carbocycles. The molecule has 0 aromatic heterocycles. The summed E-state index contributed by atoms with van der Waals surface area (Å²) >= 11 is 0. The normalized spacial score (nSPS) is 17.0. The third kappa shape index (κ3) is 8.07. The smallest absolute Gasteiger partial charge is 0.0465 e. The fraction of sp³-hybridized carbons (Fsp3) is 0.155. The molecule has 3 atom stereocenters. The van der Waals surface area contributed by atoms with Gasteiger partial charge in [0.2, 0.25) is 0 Å². The van der Waals surface area contributed by atoms with Crippen LogP contribution in [-0.2, 0) is 5.41 Å². The van der Waals surface area contributed by atoms with Crippen LogP contribution in [-0.4, -0.2) is 0 Å². The summed E-state index contributed by atoms with van der Waals surface area (Å²) in [5.41, 5.74) is 24.7. The highest BCUT2D eigenvalue weighted by Gasteiger charge is 2.40. The molecular formula is C71H60N2. The number of nitrogens with zero attached hydrogens (tertiary/aromatic N) is 2. The van der Waals surface area contributed by atoms with Crippen LogP contribution < -0.4 is 9.80 Å². The van der Waals surface area contributed by atoms with E-state index >= 15 is 0 Å². The Morgan fingerprint density at radius 3 is 1.27 bits per heavy atom. The van der Waals surface area contributed by atoms with Gasteiger partial charge in [-0.05, 0) is 207 Å². The van der Waals surface area contributed by atoms with Crippen molar-refractivity contribution in [2.75, 3.05) is 9.80 Å². The van der Waals surface area contributed by atoms with Crippen molar-refractivity contribution < 1.29 is 0 Å². The zero-order valence-corrected chi connectivity index (χ0v) is 42.0. The van der Waals surface area contributed by atoms with Crippen LogP contribution in [0.1, 0.15) is 67.7 Å². The Morgan fingerprint density at radius 2 is 0.795 bits per heavy atom. The number of hydrogen-bond donors (Lipinski definition) is 0. The van der Waals surface area contributed by atoms with Crippen molar-refractivity contribution in [3.8, 4) is 55.6 Å². The molecule has 0 amide bonds. The molecule has 0 heterocycles. The molecule has 13 rings (SSSR count). The van der Waals surface area contributed by atoms with Crippen molar-refractivity contribution in [1.82, 2.24) is 0 Å². The number of anilines is 6. The summed E-state index contributed by atoms with van der Waals surface area (Å²) in [6, 6.07) is 90.1. The van der Waals surface area contributed by atoms with Gasteiger partial charge in [-0.25, -0.2) is 0 Å². The molecular weight excluding hydrogens is 881 g/mol. The van der Waals surface area contributed by atoms with Gasteiger partial charge in [0.05, 0.1) is 0 Å². The molecule has 10 aromatic rings. The highest BCUT2D eigenvalue weighted by atomic mass is 15.1. The topological polar surface area (TPSA) is 6.48 Å². The van der Waals surface area contributed by atoms with Crippen LogP contribution in [0.4, 0.5) is 34.1 Å². The first-order valence-corrected chi connectivity index (χ1v) is 26.4. The van der Waals surface area contributed by atoms with Crippen molar-refractivity contribution >= 4 is 34.1 Å². The minimum Gasteiger partial charge on any atom is -0.311 e. The quantitative estimate of drug-likeness (QED) is 0.127. The van der Waals surface area contributed by atoms with Gasteiger partial charge < -0.3 is 9.80 Å². The molecule has 2 saturated carbocycles. The highest BCUT2D eigenvalue weighted by molar-refractivity contribution is 5.96. The first kappa shape index (κ1) is 44.7. The van der Waals surface area contributed by atoms with Gasteiger partial charge in [-0.15, -0.1) is 0 Å². The van der Waals surface area contributed by atoms with E-state index in [4.69, 9.17) is 0 Å². The van der Waals surface area contributed by atoms with Crippen LogP contribution in [0, 0.1) is 18.8 Å². The van der Waals surface area contributed by atoms with Crippen molar-refractivity contribution in [1.29, 1.82) is 0 Å². The van der Waals surface area contributed by atoms with Gasteiger partial charge in [0.25, 0.3) is 0 Å². The average molecular weight is 941 g/mol. The molecule has 3 aliphatic carbocycles. The first-order chi connectivity index (χ1) is 35.9. The predicted octanol–water partition coefficient (Wildman–Crippen LogP) is 19.8. The van der Waals surface area contributed by atoms with Gasteiger partial charge in [0, 0.05) is 39.5 Å². The molecule has 0 aliphatic heterocycles. The maximum absolute atomic E-state index is 2.48. The van der Waals surface area contributed by atoms with Gasteiger partial charge in [0.1, 0.15) is 0 Å². The Bertz CT molecular complexity index is 3540. The highest BCUT2D eigenvalue weighted by Crippen LogP contribution is 2.55. The average Bonchev–Trinajstić information content (AvgIpc) is 4.15. The number of hydrogen-bond acceptors (Lipinski definition) is 2. The largest absolute Gasteiger partial charge is 0.311 e.